The summed E-state index contributed by atoms with van der Waals surface area (Å²) < 4.78 is 11.5. The molecule has 1 saturated heterocycles. The molecule has 0 aromatic heterocycles. The molecule has 0 amide bonds. The summed E-state index contributed by atoms with van der Waals surface area (Å²) >= 11 is 5.93. The number of rotatable bonds is 4. The minimum atomic E-state index is -1.82. The van der Waals surface area contributed by atoms with Crippen molar-refractivity contribution in [3.63, 3.8) is 0 Å². The van der Waals surface area contributed by atoms with Crippen LogP contribution in [0.3, 0.4) is 0 Å². The lowest BCUT2D eigenvalue weighted by Crippen LogP contribution is -2.46. The molecular formula is C17H24ClNO6. The van der Waals surface area contributed by atoms with Crippen molar-refractivity contribution in [1.29, 1.82) is 0 Å². The third-order valence-corrected chi connectivity index (χ3v) is 3.72. The summed E-state index contributed by atoms with van der Waals surface area (Å²) in [6.45, 7) is 9.84. The van der Waals surface area contributed by atoms with Gasteiger partial charge in [-0.05, 0) is 44.5 Å². The Kier molecular flexibility index (Phi) is 8.68. The fourth-order valence-electron chi connectivity index (χ4n) is 2.53. The van der Waals surface area contributed by atoms with Crippen molar-refractivity contribution in [3.8, 4) is 5.75 Å². The largest absolute Gasteiger partial charge is 0.492 e. The van der Waals surface area contributed by atoms with Crippen LogP contribution in [0.2, 0.25) is 5.02 Å². The summed E-state index contributed by atoms with van der Waals surface area (Å²) in [5.41, 5.74) is 1.08. The first kappa shape index (κ1) is 21.2. The first-order valence-electron chi connectivity index (χ1n) is 7.92. The monoisotopic (exact) mass is 373 g/mol. The first-order valence-corrected chi connectivity index (χ1v) is 8.29. The highest BCUT2D eigenvalue weighted by Crippen LogP contribution is 2.21. The van der Waals surface area contributed by atoms with E-state index in [1.54, 1.807) is 0 Å². The van der Waals surface area contributed by atoms with Gasteiger partial charge in [0.25, 0.3) is 0 Å². The van der Waals surface area contributed by atoms with Gasteiger partial charge in [-0.2, -0.15) is 0 Å². The van der Waals surface area contributed by atoms with Crippen LogP contribution in [0.25, 0.3) is 0 Å². The maximum atomic E-state index is 9.10. The molecule has 0 saturated carbocycles. The summed E-state index contributed by atoms with van der Waals surface area (Å²) in [6.07, 6.45) is 0.613. The number of morpholine rings is 1. The predicted molar refractivity (Wildman–Crippen MR) is 93.4 cm³/mol. The first-order chi connectivity index (χ1) is 11.7. The van der Waals surface area contributed by atoms with Crippen molar-refractivity contribution in [2.75, 3.05) is 26.2 Å². The number of ether oxygens (including phenoxy) is 2. The number of nitrogens with zero attached hydrogens (tertiary/aromatic N) is 1. The molecule has 0 radical (unpaired) electrons. The van der Waals surface area contributed by atoms with Gasteiger partial charge in [0.05, 0.1) is 12.2 Å². The Bertz CT molecular complexity index is 573. The van der Waals surface area contributed by atoms with Crippen molar-refractivity contribution >= 4 is 23.5 Å². The smallest absolute Gasteiger partial charge is 0.414 e. The van der Waals surface area contributed by atoms with Crippen molar-refractivity contribution < 1.29 is 29.3 Å². The van der Waals surface area contributed by atoms with Crippen molar-refractivity contribution in [3.05, 3.63) is 28.8 Å². The number of hydrogen-bond acceptors (Lipinski definition) is 5. The number of benzene rings is 1. The molecule has 1 aromatic carbocycles. The van der Waals surface area contributed by atoms with Crippen molar-refractivity contribution in [2.24, 2.45) is 0 Å². The lowest BCUT2D eigenvalue weighted by atomic mass is 10.2. The second kappa shape index (κ2) is 10.2. The zero-order valence-electron chi connectivity index (χ0n) is 14.6. The fraction of sp³-hybridized carbons (Fsp3) is 0.529. The van der Waals surface area contributed by atoms with Crippen molar-refractivity contribution in [1.82, 2.24) is 4.90 Å². The number of carbonyl (C=O) groups is 2. The van der Waals surface area contributed by atoms with Gasteiger partial charge in [-0.3, -0.25) is 4.90 Å². The molecule has 1 aliphatic rings. The minimum absolute atomic E-state index is 0.306. The highest BCUT2D eigenvalue weighted by atomic mass is 35.5. The van der Waals surface area contributed by atoms with Gasteiger partial charge in [0.2, 0.25) is 0 Å². The Morgan fingerprint density at radius 1 is 1.24 bits per heavy atom. The van der Waals surface area contributed by atoms with Crippen LogP contribution in [-0.2, 0) is 14.3 Å². The summed E-state index contributed by atoms with van der Waals surface area (Å²) in [4.78, 5) is 20.6. The van der Waals surface area contributed by atoms with Gasteiger partial charge in [-0.15, -0.1) is 0 Å². The van der Waals surface area contributed by atoms with E-state index >= 15 is 0 Å². The van der Waals surface area contributed by atoms with E-state index in [0.29, 0.717) is 18.8 Å². The number of halogens is 1. The highest BCUT2D eigenvalue weighted by molar-refractivity contribution is 6.30. The maximum absolute atomic E-state index is 9.10. The molecule has 140 valence electrons. The van der Waals surface area contributed by atoms with Gasteiger partial charge in [0.1, 0.15) is 12.4 Å². The molecule has 25 heavy (non-hydrogen) atoms. The summed E-state index contributed by atoms with van der Waals surface area (Å²) in [5.74, 6) is -2.73. The van der Waals surface area contributed by atoms with Gasteiger partial charge in [-0.1, -0.05) is 11.6 Å². The van der Waals surface area contributed by atoms with Crippen LogP contribution in [0, 0.1) is 6.92 Å². The van der Waals surface area contributed by atoms with Gasteiger partial charge >= 0.3 is 11.9 Å². The SMILES string of the molecule is Cc1cc(Cl)ccc1OCCN1CC(C)OC(C)C1.O=C(O)C(=O)O. The Hall–Kier alpha value is -1.83. The zero-order valence-corrected chi connectivity index (χ0v) is 15.3. The maximum Gasteiger partial charge on any atom is 0.414 e. The molecule has 2 atom stereocenters. The summed E-state index contributed by atoms with van der Waals surface area (Å²) in [5, 5.41) is 15.5. The van der Waals surface area contributed by atoms with Crippen LogP contribution in [0.4, 0.5) is 0 Å². The highest BCUT2D eigenvalue weighted by Gasteiger charge is 2.21. The van der Waals surface area contributed by atoms with E-state index in [1.807, 2.05) is 25.1 Å². The Morgan fingerprint density at radius 3 is 2.28 bits per heavy atom. The molecule has 1 heterocycles. The lowest BCUT2D eigenvalue weighted by Gasteiger charge is -2.35. The molecule has 1 aliphatic heterocycles. The number of hydrogen-bond donors (Lipinski definition) is 2. The molecule has 1 aromatic rings. The normalized spacial score (nSPS) is 20.3. The van der Waals surface area contributed by atoms with E-state index in [2.05, 4.69) is 18.7 Å². The molecule has 2 N–H and O–H groups in total. The van der Waals surface area contributed by atoms with Gasteiger partial charge in [0.15, 0.2) is 0 Å². The average molecular weight is 374 g/mol. The molecule has 0 aliphatic carbocycles. The number of carboxylic acid groups (broad SMARTS) is 2. The van der Waals surface area contributed by atoms with Crippen LogP contribution in [0.1, 0.15) is 19.4 Å². The van der Waals surface area contributed by atoms with Crippen LogP contribution in [-0.4, -0.2) is 65.5 Å². The summed E-state index contributed by atoms with van der Waals surface area (Å²) in [7, 11) is 0. The molecule has 2 rings (SSSR count). The quantitative estimate of drug-likeness (QED) is 0.781. The van der Waals surface area contributed by atoms with Crippen LogP contribution in [0.5, 0.6) is 5.75 Å². The van der Waals surface area contributed by atoms with Crippen molar-refractivity contribution in [2.45, 2.75) is 33.0 Å². The molecule has 0 spiro atoms. The number of carboxylic acids is 2. The van der Waals surface area contributed by atoms with E-state index in [0.717, 1.165) is 36.0 Å². The third-order valence-electron chi connectivity index (χ3n) is 3.48. The van der Waals surface area contributed by atoms with Crippen LogP contribution >= 0.6 is 11.6 Å². The molecule has 1 fully saturated rings. The molecule has 7 nitrogen and oxygen atoms in total. The fourth-order valence-corrected chi connectivity index (χ4v) is 2.75. The van der Waals surface area contributed by atoms with E-state index in [4.69, 9.17) is 40.9 Å². The summed E-state index contributed by atoms with van der Waals surface area (Å²) in [6, 6.07) is 5.72. The minimum Gasteiger partial charge on any atom is -0.492 e. The second-order valence-corrected chi connectivity index (χ2v) is 6.32. The molecular weight excluding hydrogens is 350 g/mol. The predicted octanol–water partition coefficient (Wildman–Crippen LogP) is 2.29. The van der Waals surface area contributed by atoms with Gasteiger partial charge in [-0.25, -0.2) is 9.59 Å². The molecule has 0 bridgehead atoms. The van der Waals surface area contributed by atoms with E-state index in [1.165, 1.54) is 0 Å². The van der Waals surface area contributed by atoms with Gasteiger partial charge in [0, 0.05) is 24.7 Å². The van der Waals surface area contributed by atoms with Crippen LogP contribution in [0.15, 0.2) is 18.2 Å². The lowest BCUT2D eigenvalue weighted by molar-refractivity contribution is -0.159. The number of aliphatic carboxylic acids is 2. The van der Waals surface area contributed by atoms with Gasteiger partial charge < -0.3 is 19.7 Å². The number of aryl methyl sites for hydroxylation is 1. The standard InChI is InChI=1S/C15H22ClNO2.C2H2O4/c1-11-8-14(16)4-5-15(11)18-7-6-17-9-12(2)19-13(3)10-17;3-1(4)2(5)6/h4-5,8,12-13H,6-7,9-10H2,1-3H3;(H,3,4)(H,5,6). The Balaban J connectivity index is 0.000000450. The Labute approximate surface area is 152 Å². The third kappa shape index (κ3) is 8.20. The van der Waals surface area contributed by atoms with Crippen LogP contribution < -0.4 is 4.74 Å². The molecule has 8 heteroatoms. The molecule has 2 unspecified atom stereocenters. The van der Waals surface area contributed by atoms with E-state index < -0.39 is 11.9 Å². The average Bonchev–Trinajstić information content (AvgIpc) is 2.49. The second-order valence-electron chi connectivity index (χ2n) is 5.89. The van der Waals surface area contributed by atoms with E-state index in [-0.39, 0.29) is 0 Å². The topological polar surface area (TPSA) is 96.3 Å². The Morgan fingerprint density at radius 2 is 1.80 bits per heavy atom. The van der Waals surface area contributed by atoms with E-state index in [9.17, 15) is 0 Å². The zero-order chi connectivity index (χ0) is 19.0.